The van der Waals surface area contributed by atoms with Gasteiger partial charge in [0, 0.05) is 23.1 Å². The molecule has 2 aromatic rings. The lowest BCUT2D eigenvalue weighted by molar-refractivity contribution is 0.174. The summed E-state index contributed by atoms with van der Waals surface area (Å²) in [5.41, 5.74) is 2.12. The second-order valence-electron chi connectivity index (χ2n) is 5.31. The van der Waals surface area contributed by atoms with Gasteiger partial charge in [-0.3, -0.25) is 0 Å². The average molecular weight is 312 g/mol. The van der Waals surface area contributed by atoms with Crippen LogP contribution in [0, 0.1) is 0 Å². The predicted molar refractivity (Wildman–Crippen MR) is 88.8 cm³/mol. The molecule has 0 fully saturated rings. The maximum absolute atomic E-state index is 5.83. The fraction of sp³-hybridized carbons (Fsp3) is 0.263. The van der Waals surface area contributed by atoms with E-state index in [1.165, 1.54) is 0 Å². The van der Waals surface area contributed by atoms with Crippen molar-refractivity contribution in [3.05, 3.63) is 60.2 Å². The second kappa shape index (κ2) is 6.65. The molecule has 4 nitrogen and oxygen atoms in total. The maximum Gasteiger partial charge on any atom is 0.231 e. The van der Waals surface area contributed by atoms with E-state index in [-0.39, 0.29) is 12.7 Å². The Kier molecular flexibility index (Phi) is 4.42. The molecule has 1 aliphatic heterocycles. The Morgan fingerprint density at radius 3 is 2.61 bits per heavy atom. The zero-order chi connectivity index (χ0) is 16.2. The third kappa shape index (κ3) is 2.97. The summed E-state index contributed by atoms with van der Waals surface area (Å²) < 4.78 is 22.3. The molecule has 0 saturated carbocycles. The largest absolute Gasteiger partial charge is 0.496 e. The Hall–Kier alpha value is -2.62. The van der Waals surface area contributed by atoms with E-state index in [1.807, 2.05) is 30.3 Å². The van der Waals surface area contributed by atoms with Gasteiger partial charge < -0.3 is 18.9 Å². The Balaban J connectivity index is 2.04. The number of fused-ring (bicyclic) bond motifs is 1. The molecule has 0 spiro atoms. The third-order valence-corrected chi connectivity index (χ3v) is 3.93. The molecular formula is C19H20O4. The highest BCUT2D eigenvalue weighted by Gasteiger charge is 2.23. The highest BCUT2D eigenvalue weighted by molar-refractivity contribution is 5.55. The van der Waals surface area contributed by atoms with Crippen LogP contribution in [0.4, 0.5) is 0 Å². The lowest BCUT2D eigenvalue weighted by Crippen LogP contribution is -2.04. The summed E-state index contributed by atoms with van der Waals surface area (Å²) in [6.45, 7) is 6.50. The molecule has 0 amide bonds. The highest BCUT2D eigenvalue weighted by atomic mass is 16.7. The molecule has 3 rings (SSSR count). The molecule has 0 aliphatic carbocycles. The summed E-state index contributed by atoms with van der Waals surface area (Å²) in [5, 5.41) is 0. The van der Waals surface area contributed by atoms with Crippen LogP contribution in [0.5, 0.6) is 23.0 Å². The van der Waals surface area contributed by atoms with Gasteiger partial charge in [0.25, 0.3) is 0 Å². The number of methoxy groups -OCH3 is 1. The molecule has 1 heterocycles. The van der Waals surface area contributed by atoms with Gasteiger partial charge in [0.15, 0.2) is 11.5 Å². The van der Waals surface area contributed by atoms with Crippen molar-refractivity contribution >= 4 is 0 Å². The summed E-state index contributed by atoms with van der Waals surface area (Å²) in [5.74, 6) is 3.16. The average Bonchev–Trinajstić information content (AvgIpc) is 3.05. The number of ether oxygens (including phenoxy) is 4. The lowest BCUT2D eigenvalue weighted by Gasteiger charge is -2.19. The smallest absolute Gasteiger partial charge is 0.231 e. The summed E-state index contributed by atoms with van der Waals surface area (Å²) in [4.78, 5) is 0. The van der Waals surface area contributed by atoms with E-state index in [1.54, 1.807) is 13.2 Å². The van der Waals surface area contributed by atoms with Crippen molar-refractivity contribution in [2.24, 2.45) is 0 Å². The summed E-state index contributed by atoms with van der Waals surface area (Å²) in [7, 11) is 1.68. The van der Waals surface area contributed by atoms with Crippen molar-refractivity contribution < 1.29 is 18.9 Å². The van der Waals surface area contributed by atoms with Crippen molar-refractivity contribution in [1.29, 1.82) is 0 Å². The van der Waals surface area contributed by atoms with Crippen molar-refractivity contribution in [1.82, 2.24) is 0 Å². The number of hydrogen-bond acceptors (Lipinski definition) is 4. The first-order valence-corrected chi connectivity index (χ1v) is 7.54. The molecule has 0 radical (unpaired) electrons. The van der Waals surface area contributed by atoms with Crippen LogP contribution in [0.1, 0.15) is 24.0 Å². The summed E-state index contributed by atoms with van der Waals surface area (Å²) >= 11 is 0. The summed E-state index contributed by atoms with van der Waals surface area (Å²) in [6.07, 6.45) is 1.72. The van der Waals surface area contributed by atoms with Gasteiger partial charge in [-0.1, -0.05) is 37.8 Å². The first-order chi connectivity index (χ1) is 11.2. The molecule has 1 unspecified atom stereocenters. The Morgan fingerprint density at radius 1 is 1.13 bits per heavy atom. The van der Waals surface area contributed by atoms with E-state index in [9.17, 15) is 0 Å². The minimum absolute atomic E-state index is 0.0838. The Bertz CT molecular complexity index is 709. The van der Waals surface area contributed by atoms with Gasteiger partial charge in [-0.15, -0.1) is 0 Å². The third-order valence-electron chi connectivity index (χ3n) is 3.93. The van der Waals surface area contributed by atoms with E-state index in [0.29, 0.717) is 12.4 Å². The monoisotopic (exact) mass is 312 g/mol. The van der Waals surface area contributed by atoms with Crippen LogP contribution in [0.3, 0.4) is 0 Å². The molecule has 4 heteroatoms. The van der Waals surface area contributed by atoms with Crippen molar-refractivity contribution in [2.45, 2.75) is 12.8 Å². The molecule has 2 aromatic carbocycles. The van der Waals surface area contributed by atoms with Crippen molar-refractivity contribution in [3.63, 3.8) is 0 Å². The fourth-order valence-electron chi connectivity index (χ4n) is 2.74. The zero-order valence-corrected chi connectivity index (χ0v) is 13.4. The maximum atomic E-state index is 5.83. The normalized spacial score (nSPS) is 13.5. The fourth-order valence-corrected chi connectivity index (χ4v) is 2.74. The van der Waals surface area contributed by atoms with E-state index >= 15 is 0 Å². The number of benzene rings is 2. The van der Waals surface area contributed by atoms with Gasteiger partial charge in [-0.05, 0) is 12.1 Å². The number of para-hydroxylation sites is 1. The van der Waals surface area contributed by atoms with Gasteiger partial charge in [0.05, 0.1) is 7.11 Å². The van der Waals surface area contributed by atoms with Crippen molar-refractivity contribution in [3.8, 4) is 23.0 Å². The molecule has 1 atom stereocenters. The quantitative estimate of drug-likeness (QED) is 0.751. The van der Waals surface area contributed by atoms with E-state index < -0.39 is 0 Å². The van der Waals surface area contributed by atoms with Crippen LogP contribution in [-0.2, 0) is 0 Å². The number of rotatable bonds is 6. The number of hydrogen-bond donors (Lipinski definition) is 0. The molecular weight excluding hydrogens is 292 g/mol. The van der Waals surface area contributed by atoms with Crippen LogP contribution in [0.15, 0.2) is 49.1 Å². The summed E-state index contributed by atoms with van der Waals surface area (Å²) in [6, 6.07) is 11.9. The molecule has 1 aliphatic rings. The van der Waals surface area contributed by atoms with Crippen molar-refractivity contribution in [2.75, 3.05) is 20.5 Å². The molecule has 120 valence electrons. The SMILES string of the molecule is C=CCOc1cc2c(cc1C(C)c1ccccc1OC)OCO2. The van der Waals surface area contributed by atoms with E-state index in [2.05, 4.69) is 19.6 Å². The van der Waals surface area contributed by atoms with Gasteiger partial charge in [-0.2, -0.15) is 0 Å². The predicted octanol–water partition coefficient (Wildman–Crippen LogP) is 4.14. The highest BCUT2D eigenvalue weighted by Crippen LogP contribution is 2.43. The lowest BCUT2D eigenvalue weighted by atomic mass is 9.91. The van der Waals surface area contributed by atoms with Gasteiger partial charge >= 0.3 is 0 Å². The molecule has 0 saturated heterocycles. The molecule has 0 aromatic heterocycles. The van der Waals surface area contributed by atoms with Crippen LogP contribution < -0.4 is 18.9 Å². The first-order valence-electron chi connectivity index (χ1n) is 7.54. The van der Waals surface area contributed by atoms with E-state index in [0.717, 1.165) is 28.4 Å². The Morgan fingerprint density at radius 2 is 1.87 bits per heavy atom. The van der Waals surface area contributed by atoms with Crippen LogP contribution in [0.2, 0.25) is 0 Å². The standard InChI is InChI=1S/C19H20O4/c1-4-9-21-17-11-19-18(22-12-23-19)10-15(17)13(2)14-7-5-6-8-16(14)20-3/h4-8,10-11,13H,1,9,12H2,2-3H3. The zero-order valence-electron chi connectivity index (χ0n) is 13.4. The molecule has 0 bridgehead atoms. The van der Waals surface area contributed by atoms with E-state index in [4.69, 9.17) is 18.9 Å². The Labute approximate surface area is 136 Å². The first kappa shape index (κ1) is 15.3. The second-order valence-corrected chi connectivity index (χ2v) is 5.31. The molecule has 23 heavy (non-hydrogen) atoms. The molecule has 0 N–H and O–H groups in total. The van der Waals surface area contributed by atoms with Crippen LogP contribution in [0.25, 0.3) is 0 Å². The van der Waals surface area contributed by atoms with Gasteiger partial charge in [-0.25, -0.2) is 0 Å². The van der Waals surface area contributed by atoms with Gasteiger partial charge in [0.1, 0.15) is 18.1 Å². The van der Waals surface area contributed by atoms with Crippen LogP contribution in [-0.4, -0.2) is 20.5 Å². The van der Waals surface area contributed by atoms with Crippen LogP contribution >= 0.6 is 0 Å². The minimum Gasteiger partial charge on any atom is -0.496 e. The topological polar surface area (TPSA) is 36.9 Å². The minimum atomic E-state index is 0.0838. The van der Waals surface area contributed by atoms with Gasteiger partial charge in [0.2, 0.25) is 6.79 Å².